The van der Waals surface area contributed by atoms with E-state index in [0.29, 0.717) is 0 Å². The van der Waals surface area contributed by atoms with Gasteiger partial charge in [-0.25, -0.2) is 8.42 Å². The van der Waals surface area contributed by atoms with E-state index < -0.39 is 26.1 Å². The molecule has 9 heteroatoms. The fraction of sp³-hybridized carbons (Fsp3) is 0.143. The average molecular weight is 387 g/mol. The van der Waals surface area contributed by atoms with Gasteiger partial charge in [-0.1, -0.05) is 0 Å². The van der Waals surface area contributed by atoms with Gasteiger partial charge in [-0.2, -0.15) is 0 Å². The molecule has 90 valence electrons. The van der Waals surface area contributed by atoms with Gasteiger partial charge in [0.05, 0.1) is 4.90 Å². The maximum absolute atomic E-state index is 11.9. The van der Waals surface area contributed by atoms with E-state index in [-0.39, 0.29) is 3.57 Å². The molecule has 0 amide bonds. The summed E-state index contributed by atoms with van der Waals surface area (Å²) >= 11 is 1.64. The summed E-state index contributed by atoms with van der Waals surface area (Å²) in [5.74, 6) is -0.632. The number of hydrogen-bond donors (Lipinski definition) is 0. The SMILES string of the molecule is O=S(=O)(Cl)c1cc(OC(F)(F)F)ccc1I. The van der Waals surface area contributed by atoms with Crippen LogP contribution in [0.15, 0.2) is 23.1 Å². The van der Waals surface area contributed by atoms with Gasteiger partial charge in [0.2, 0.25) is 0 Å². The van der Waals surface area contributed by atoms with Crippen LogP contribution in [0, 0.1) is 3.57 Å². The number of ether oxygens (including phenoxy) is 1. The first kappa shape index (κ1) is 13.8. The lowest BCUT2D eigenvalue weighted by molar-refractivity contribution is -0.274. The summed E-state index contributed by atoms with van der Waals surface area (Å²) in [5, 5.41) is 0. The number of alkyl halides is 3. The van der Waals surface area contributed by atoms with Gasteiger partial charge in [-0.15, -0.1) is 13.2 Å². The summed E-state index contributed by atoms with van der Waals surface area (Å²) in [6.07, 6.45) is -4.87. The first-order valence-corrected chi connectivity index (χ1v) is 6.98. The van der Waals surface area contributed by atoms with Crippen molar-refractivity contribution in [1.29, 1.82) is 0 Å². The van der Waals surface area contributed by atoms with Gasteiger partial charge < -0.3 is 4.74 Å². The fourth-order valence-corrected chi connectivity index (χ4v) is 3.40. The number of halogens is 5. The highest BCUT2D eigenvalue weighted by molar-refractivity contribution is 14.1. The Morgan fingerprint density at radius 3 is 2.31 bits per heavy atom. The van der Waals surface area contributed by atoms with Crippen molar-refractivity contribution in [2.24, 2.45) is 0 Å². The molecule has 0 aliphatic heterocycles. The van der Waals surface area contributed by atoms with E-state index in [1.54, 1.807) is 22.6 Å². The van der Waals surface area contributed by atoms with Crippen molar-refractivity contribution in [3.05, 3.63) is 21.8 Å². The van der Waals surface area contributed by atoms with E-state index in [9.17, 15) is 21.6 Å². The molecule has 0 atom stereocenters. The maximum atomic E-state index is 11.9. The molecular weight excluding hydrogens is 383 g/mol. The van der Waals surface area contributed by atoms with E-state index in [4.69, 9.17) is 10.7 Å². The number of rotatable bonds is 2. The van der Waals surface area contributed by atoms with Crippen molar-refractivity contribution >= 4 is 42.3 Å². The molecule has 0 bridgehead atoms. The summed E-state index contributed by atoms with van der Waals surface area (Å²) < 4.78 is 61.4. The minimum absolute atomic E-state index is 0.210. The zero-order chi connectivity index (χ0) is 12.6. The molecule has 0 heterocycles. The summed E-state index contributed by atoms with van der Waals surface area (Å²) in [6.45, 7) is 0. The Morgan fingerprint density at radius 1 is 1.31 bits per heavy atom. The zero-order valence-corrected chi connectivity index (χ0v) is 11.0. The van der Waals surface area contributed by atoms with Crippen LogP contribution in [-0.4, -0.2) is 14.8 Å². The van der Waals surface area contributed by atoms with Crippen molar-refractivity contribution < 1.29 is 26.3 Å². The molecule has 0 aliphatic rings. The van der Waals surface area contributed by atoms with Crippen LogP contribution in [-0.2, 0) is 9.05 Å². The third-order valence-electron chi connectivity index (χ3n) is 1.40. The van der Waals surface area contributed by atoms with Crippen molar-refractivity contribution in [2.45, 2.75) is 11.3 Å². The van der Waals surface area contributed by atoms with Crippen molar-refractivity contribution in [1.82, 2.24) is 0 Å². The lowest BCUT2D eigenvalue weighted by Crippen LogP contribution is -2.17. The monoisotopic (exact) mass is 386 g/mol. The second-order valence-corrected chi connectivity index (χ2v) is 6.27. The van der Waals surface area contributed by atoms with Gasteiger partial charge in [0.15, 0.2) is 0 Å². The summed E-state index contributed by atoms with van der Waals surface area (Å²) in [7, 11) is 0.943. The van der Waals surface area contributed by atoms with Crippen molar-refractivity contribution in [3.63, 3.8) is 0 Å². The van der Waals surface area contributed by atoms with Crippen LogP contribution in [0.5, 0.6) is 5.75 Å². The summed E-state index contributed by atoms with van der Waals surface area (Å²) in [5.41, 5.74) is 0. The van der Waals surface area contributed by atoms with Crippen LogP contribution in [0.2, 0.25) is 0 Å². The molecule has 1 aromatic carbocycles. The lowest BCUT2D eigenvalue weighted by atomic mass is 10.3. The minimum atomic E-state index is -4.87. The molecule has 0 aromatic heterocycles. The quantitative estimate of drug-likeness (QED) is 0.579. The Bertz CT molecular complexity index is 500. The molecule has 0 saturated carbocycles. The molecule has 0 spiro atoms. The van der Waals surface area contributed by atoms with Crippen LogP contribution in [0.25, 0.3) is 0 Å². The van der Waals surface area contributed by atoms with Crippen LogP contribution >= 0.6 is 33.3 Å². The zero-order valence-electron chi connectivity index (χ0n) is 7.25. The Hall–Kier alpha value is -0.220. The third kappa shape index (κ3) is 3.98. The van der Waals surface area contributed by atoms with Crippen LogP contribution in [0.3, 0.4) is 0 Å². The number of hydrogen-bond acceptors (Lipinski definition) is 3. The molecule has 0 saturated heterocycles. The second-order valence-electron chi connectivity index (χ2n) is 2.58. The van der Waals surface area contributed by atoms with Gasteiger partial charge in [-0.05, 0) is 34.7 Å². The minimum Gasteiger partial charge on any atom is -0.406 e. The van der Waals surface area contributed by atoms with Gasteiger partial charge >= 0.3 is 6.36 Å². The van der Waals surface area contributed by atoms with E-state index in [2.05, 4.69) is 4.74 Å². The molecule has 1 aromatic rings. The highest BCUT2D eigenvalue weighted by Crippen LogP contribution is 2.29. The Labute approximate surface area is 107 Å². The third-order valence-corrected chi connectivity index (χ3v) is 4.07. The smallest absolute Gasteiger partial charge is 0.406 e. The summed E-state index contributed by atoms with van der Waals surface area (Å²) in [6, 6.07) is 2.88. The van der Waals surface area contributed by atoms with Gasteiger partial charge in [0.1, 0.15) is 5.75 Å². The molecule has 0 radical (unpaired) electrons. The van der Waals surface area contributed by atoms with E-state index >= 15 is 0 Å². The standard InChI is InChI=1S/C7H3ClF3IO3S/c8-16(13,14)6-3-4(1-2-5(6)12)15-7(9,10)11/h1-3H. The molecule has 16 heavy (non-hydrogen) atoms. The topological polar surface area (TPSA) is 43.4 Å². The molecule has 0 unspecified atom stereocenters. The molecule has 3 nitrogen and oxygen atoms in total. The second kappa shape index (κ2) is 4.57. The average Bonchev–Trinajstić information content (AvgIpc) is 2.04. The van der Waals surface area contributed by atoms with E-state index in [1.165, 1.54) is 0 Å². The Morgan fingerprint density at radius 2 is 1.88 bits per heavy atom. The molecule has 0 N–H and O–H groups in total. The van der Waals surface area contributed by atoms with E-state index in [0.717, 1.165) is 18.2 Å². The highest BCUT2D eigenvalue weighted by atomic mass is 127. The Balaban J connectivity index is 3.19. The molecule has 0 fully saturated rings. The predicted molar refractivity (Wildman–Crippen MR) is 58.9 cm³/mol. The predicted octanol–water partition coefficient (Wildman–Crippen LogP) is 3.12. The number of benzene rings is 1. The van der Waals surface area contributed by atoms with Gasteiger partial charge in [0.25, 0.3) is 9.05 Å². The van der Waals surface area contributed by atoms with Crippen LogP contribution in [0.4, 0.5) is 13.2 Å². The van der Waals surface area contributed by atoms with Crippen molar-refractivity contribution in [3.8, 4) is 5.75 Å². The largest absolute Gasteiger partial charge is 0.573 e. The first-order chi connectivity index (χ1) is 7.09. The fourth-order valence-electron chi connectivity index (χ4n) is 0.868. The highest BCUT2D eigenvalue weighted by Gasteiger charge is 2.31. The van der Waals surface area contributed by atoms with E-state index in [1.807, 2.05) is 0 Å². The molecule has 1 rings (SSSR count). The molecule has 0 aliphatic carbocycles. The molecular formula is C7H3ClF3IO3S. The summed E-state index contributed by atoms with van der Waals surface area (Å²) in [4.78, 5) is -0.420. The maximum Gasteiger partial charge on any atom is 0.573 e. The van der Waals surface area contributed by atoms with Crippen LogP contribution in [0.1, 0.15) is 0 Å². The van der Waals surface area contributed by atoms with Crippen LogP contribution < -0.4 is 4.74 Å². The van der Waals surface area contributed by atoms with Gasteiger partial charge in [0, 0.05) is 20.3 Å². The van der Waals surface area contributed by atoms with Crippen molar-refractivity contribution in [2.75, 3.05) is 0 Å². The Kier molecular flexibility index (Phi) is 3.95. The first-order valence-electron chi connectivity index (χ1n) is 3.59. The van der Waals surface area contributed by atoms with Gasteiger partial charge in [-0.3, -0.25) is 0 Å². The lowest BCUT2D eigenvalue weighted by Gasteiger charge is -2.09. The normalized spacial score (nSPS) is 12.6.